The molecule has 2 aliphatic rings. The van der Waals surface area contributed by atoms with Crippen molar-refractivity contribution in [1.82, 2.24) is 9.29 Å². The van der Waals surface area contributed by atoms with Crippen LogP contribution in [0, 0.1) is 0 Å². The minimum atomic E-state index is -3.57. The lowest BCUT2D eigenvalue weighted by Gasteiger charge is -2.23. The third-order valence-corrected chi connectivity index (χ3v) is 10.2. The fourth-order valence-corrected chi connectivity index (χ4v) is 7.74. The van der Waals surface area contributed by atoms with Crippen LogP contribution in [0.2, 0.25) is 0 Å². The van der Waals surface area contributed by atoms with Gasteiger partial charge in [0.2, 0.25) is 10.0 Å². The molecule has 32 heavy (non-hydrogen) atoms. The third kappa shape index (κ3) is 3.98. The Morgan fingerprint density at radius 2 is 1.81 bits per heavy atom. The molecule has 0 saturated heterocycles. The predicted molar refractivity (Wildman–Crippen MR) is 129 cm³/mol. The molecule has 5 rings (SSSR count). The van der Waals surface area contributed by atoms with Gasteiger partial charge in [0, 0.05) is 39.7 Å². The molecule has 0 bridgehead atoms. The van der Waals surface area contributed by atoms with E-state index < -0.39 is 10.0 Å². The molecule has 1 fully saturated rings. The number of nitrogens with zero attached hydrogens (tertiary/aromatic N) is 2. The van der Waals surface area contributed by atoms with E-state index in [1.54, 1.807) is 30.9 Å². The summed E-state index contributed by atoms with van der Waals surface area (Å²) in [6.07, 6.45) is 3.93. The van der Waals surface area contributed by atoms with E-state index in [2.05, 4.69) is 16.4 Å². The first-order chi connectivity index (χ1) is 15.4. The molecule has 0 radical (unpaired) electrons. The lowest BCUT2D eigenvalue weighted by molar-refractivity contribution is 0.102. The van der Waals surface area contributed by atoms with E-state index in [0.29, 0.717) is 10.7 Å². The zero-order valence-corrected chi connectivity index (χ0v) is 20.0. The molecule has 1 saturated carbocycles. The summed E-state index contributed by atoms with van der Waals surface area (Å²) >= 11 is 3.25. The van der Waals surface area contributed by atoms with Gasteiger partial charge < -0.3 is 0 Å². The Kier molecular flexibility index (Phi) is 5.83. The van der Waals surface area contributed by atoms with Crippen LogP contribution < -0.4 is 5.32 Å². The molecule has 6 nitrogen and oxygen atoms in total. The van der Waals surface area contributed by atoms with Crippen molar-refractivity contribution in [2.45, 2.75) is 47.3 Å². The highest BCUT2D eigenvalue weighted by Gasteiger charge is 2.30. The largest absolute Gasteiger partial charge is 0.298 e. The third-order valence-electron chi connectivity index (χ3n) is 6.05. The van der Waals surface area contributed by atoms with E-state index in [0.717, 1.165) is 47.6 Å². The normalized spacial score (nSPS) is 16.1. The summed E-state index contributed by atoms with van der Waals surface area (Å²) < 4.78 is 27.3. The highest BCUT2D eigenvalue weighted by atomic mass is 32.2. The average Bonchev–Trinajstić information content (AvgIpc) is 3.48. The van der Waals surface area contributed by atoms with Gasteiger partial charge in [0.05, 0.1) is 10.6 Å². The molecular weight excluding hydrogens is 462 g/mol. The van der Waals surface area contributed by atoms with E-state index in [1.807, 2.05) is 18.2 Å². The molecule has 0 atom stereocenters. The first-order valence-electron chi connectivity index (χ1n) is 10.5. The number of amides is 1. The Labute approximate surface area is 196 Å². The molecule has 1 aliphatic carbocycles. The van der Waals surface area contributed by atoms with E-state index in [-0.39, 0.29) is 16.8 Å². The molecule has 9 heteroatoms. The Morgan fingerprint density at radius 3 is 2.56 bits per heavy atom. The number of anilines is 1. The molecule has 0 spiro atoms. The second kappa shape index (κ2) is 8.62. The number of rotatable bonds is 5. The average molecular weight is 486 g/mol. The number of hydrogen-bond donors (Lipinski definition) is 1. The summed E-state index contributed by atoms with van der Waals surface area (Å²) in [6.45, 7) is 0. The van der Waals surface area contributed by atoms with E-state index in [1.165, 1.54) is 32.7 Å². The number of aromatic nitrogens is 1. The van der Waals surface area contributed by atoms with Gasteiger partial charge >= 0.3 is 0 Å². The van der Waals surface area contributed by atoms with Gasteiger partial charge in [0.15, 0.2) is 5.13 Å². The molecule has 1 aromatic heterocycles. The summed E-state index contributed by atoms with van der Waals surface area (Å²) in [5, 5.41) is 3.42. The van der Waals surface area contributed by atoms with Gasteiger partial charge in [0.1, 0.15) is 0 Å². The van der Waals surface area contributed by atoms with Crippen molar-refractivity contribution in [1.29, 1.82) is 0 Å². The topological polar surface area (TPSA) is 79.4 Å². The van der Waals surface area contributed by atoms with Gasteiger partial charge in [-0.05, 0) is 43.2 Å². The lowest BCUT2D eigenvalue weighted by atomic mass is 10.1. The molecule has 2 aromatic carbocycles. The Hall–Kier alpha value is -2.20. The molecule has 1 N–H and O–H groups in total. The molecule has 0 unspecified atom stereocenters. The molecule has 2 heterocycles. The van der Waals surface area contributed by atoms with Gasteiger partial charge in [-0.2, -0.15) is 4.31 Å². The number of benzene rings is 2. The van der Waals surface area contributed by atoms with Crippen LogP contribution in [-0.4, -0.2) is 36.7 Å². The Morgan fingerprint density at radius 1 is 1.09 bits per heavy atom. The molecule has 3 aromatic rings. The summed E-state index contributed by atoms with van der Waals surface area (Å²) in [7, 11) is -1.92. The number of thioether (sulfide) groups is 1. The van der Waals surface area contributed by atoms with Crippen LogP contribution in [0.5, 0.6) is 0 Å². The van der Waals surface area contributed by atoms with Gasteiger partial charge in [-0.15, -0.1) is 23.1 Å². The first kappa shape index (κ1) is 21.6. The van der Waals surface area contributed by atoms with Crippen LogP contribution in [-0.2, 0) is 15.8 Å². The van der Waals surface area contributed by atoms with Crippen LogP contribution in [0.4, 0.5) is 5.13 Å². The van der Waals surface area contributed by atoms with Crippen molar-refractivity contribution in [3.8, 4) is 11.3 Å². The van der Waals surface area contributed by atoms with Crippen molar-refractivity contribution in [2.75, 3.05) is 12.4 Å². The monoisotopic (exact) mass is 485 g/mol. The fraction of sp³-hybridized carbons (Fsp3) is 0.304. The minimum Gasteiger partial charge on any atom is -0.298 e. The number of sulfonamides is 1. The molecular formula is C23H23N3O3S3. The standard InChI is InChI=1S/C23H23N3O3S3/c1-26(16-6-2-3-7-16)32(28,29)17-12-10-15(11-13-17)22(27)25-23-24-21-18-8-4-5-9-19(18)30-14-20(21)31-23/h4-5,8-13,16H,2-3,6-7,14H2,1H3,(H,24,25,27). The highest BCUT2D eigenvalue weighted by molar-refractivity contribution is 7.98. The van der Waals surface area contributed by atoms with Crippen molar-refractivity contribution in [3.63, 3.8) is 0 Å². The van der Waals surface area contributed by atoms with Gasteiger partial charge in [-0.1, -0.05) is 31.0 Å². The van der Waals surface area contributed by atoms with E-state index in [9.17, 15) is 13.2 Å². The highest BCUT2D eigenvalue weighted by Crippen LogP contribution is 2.44. The van der Waals surface area contributed by atoms with Gasteiger partial charge in [0.25, 0.3) is 5.91 Å². The number of hydrogen-bond acceptors (Lipinski definition) is 6. The second-order valence-electron chi connectivity index (χ2n) is 8.01. The summed E-state index contributed by atoms with van der Waals surface area (Å²) in [5.41, 5.74) is 2.42. The summed E-state index contributed by atoms with van der Waals surface area (Å²) in [4.78, 5) is 20.0. The van der Waals surface area contributed by atoms with Crippen LogP contribution in [0.25, 0.3) is 11.3 Å². The van der Waals surface area contributed by atoms with E-state index in [4.69, 9.17) is 0 Å². The molecule has 1 aliphatic heterocycles. The molecule has 166 valence electrons. The maximum absolute atomic E-state index is 12.9. The first-order valence-corrected chi connectivity index (χ1v) is 13.8. The van der Waals surface area contributed by atoms with Crippen LogP contribution in [0.3, 0.4) is 0 Å². The zero-order valence-electron chi connectivity index (χ0n) is 17.6. The Bertz CT molecular complexity index is 1260. The van der Waals surface area contributed by atoms with Crippen LogP contribution in [0.15, 0.2) is 58.3 Å². The number of fused-ring (bicyclic) bond motifs is 3. The fourth-order valence-electron chi connectivity index (χ4n) is 4.22. The quantitative estimate of drug-likeness (QED) is 0.535. The van der Waals surface area contributed by atoms with Crippen molar-refractivity contribution >= 4 is 44.2 Å². The van der Waals surface area contributed by atoms with Crippen molar-refractivity contribution < 1.29 is 13.2 Å². The number of thiazole rings is 1. The second-order valence-corrected chi connectivity index (χ2v) is 12.1. The van der Waals surface area contributed by atoms with Crippen LogP contribution >= 0.6 is 23.1 Å². The smallest absolute Gasteiger partial charge is 0.257 e. The van der Waals surface area contributed by atoms with Gasteiger partial charge in [-0.3, -0.25) is 10.1 Å². The number of nitrogens with one attached hydrogen (secondary N) is 1. The maximum atomic E-state index is 12.9. The lowest BCUT2D eigenvalue weighted by Crippen LogP contribution is -2.35. The van der Waals surface area contributed by atoms with E-state index >= 15 is 0 Å². The Balaban J connectivity index is 1.32. The number of carbonyl (C=O) groups excluding carboxylic acids is 1. The van der Waals surface area contributed by atoms with Crippen molar-refractivity contribution in [2.24, 2.45) is 0 Å². The number of carbonyl (C=O) groups is 1. The predicted octanol–water partition coefficient (Wildman–Crippen LogP) is 5.23. The van der Waals surface area contributed by atoms with Gasteiger partial charge in [-0.25, -0.2) is 13.4 Å². The summed E-state index contributed by atoms with van der Waals surface area (Å²) in [5.74, 6) is 0.533. The zero-order chi connectivity index (χ0) is 22.3. The summed E-state index contributed by atoms with van der Waals surface area (Å²) in [6, 6.07) is 14.3. The SMILES string of the molecule is CN(C1CCCC1)S(=O)(=O)c1ccc(C(=O)Nc2nc3c(s2)CSc2ccccc2-3)cc1. The maximum Gasteiger partial charge on any atom is 0.257 e. The van der Waals surface area contributed by atoms with Crippen molar-refractivity contribution in [3.05, 3.63) is 59.0 Å². The van der Waals surface area contributed by atoms with Crippen LogP contribution in [0.1, 0.15) is 40.9 Å². The minimum absolute atomic E-state index is 0.0576. The molecule has 1 amide bonds.